The van der Waals surface area contributed by atoms with Gasteiger partial charge in [0.05, 0.1) is 23.0 Å². The number of rotatable bonds is 2. The fraction of sp³-hybridized carbons (Fsp3) is 0.250. The smallest absolute Gasteiger partial charge is 0.226 e. The minimum Gasteiger partial charge on any atom is -0.390 e. The Kier molecular flexibility index (Phi) is 3.97. The molecular formula is C20H18ClN5O2. The molecule has 1 aliphatic carbocycles. The van der Waals surface area contributed by atoms with E-state index in [0.29, 0.717) is 23.3 Å². The topological polar surface area (TPSA) is 110 Å². The third-order valence-electron chi connectivity index (χ3n) is 5.64. The molecule has 8 heteroatoms. The van der Waals surface area contributed by atoms with Crippen molar-refractivity contribution in [2.24, 2.45) is 0 Å². The highest BCUT2D eigenvalue weighted by Crippen LogP contribution is 2.43. The zero-order valence-corrected chi connectivity index (χ0v) is 15.5. The molecule has 0 saturated heterocycles. The minimum absolute atomic E-state index is 0.0511. The zero-order chi connectivity index (χ0) is 19.4. The summed E-state index contributed by atoms with van der Waals surface area (Å²) in [6.07, 6.45) is 2.24. The van der Waals surface area contributed by atoms with Crippen molar-refractivity contribution in [2.45, 2.75) is 30.6 Å². The Morgan fingerprint density at radius 1 is 1.11 bits per heavy atom. The number of nitrogens with zero attached hydrogens (tertiary/aromatic N) is 4. The summed E-state index contributed by atoms with van der Waals surface area (Å²) in [5.41, 5.74) is 8.30. The van der Waals surface area contributed by atoms with E-state index in [0.717, 1.165) is 16.5 Å². The second-order valence-electron chi connectivity index (χ2n) is 7.18. The third kappa shape index (κ3) is 2.63. The number of halogens is 1. The summed E-state index contributed by atoms with van der Waals surface area (Å²) >= 11 is 5.97. The van der Waals surface area contributed by atoms with E-state index in [1.807, 2.05) is 34.9 Å². The van der Waals surface area contributed by atoms with Crippen LogP contribution in [0, 0.1) is 0 Å². The van der Waals surface area contributed by atoms with Crippen LogP contribution in [0.2, 0.25) is 5.28 Å². The Bertz CT molecular complexity index is 1190. The lowest BCUT2D eigenvalue weighted by Gasteiger charge is -2.19. The number of nitrogens with two attached hydrogens (primary N) is 1. The number of anilines is 1. The predicted octanol–water partition coefficient (Wildman–Crippen LogP) is 2.67. The van der Waals surface area contributed by atoms with Gasteiger partial charge in [-0.1, -0.05) is 18.2 Å². The van der Waals surface area contributed by atoms with Crippen molar-refractivity contribution in [1.82, 2.24) is 19.5 Å². The van der Waals surface area contributed by atoms with Gasteiger partial charge in [0.15, 0.2) is 0 Å². The molecule has 4 aromatic rings. The number of pyridine rings is 1. The van der Waals surface area contributed by atoms with Crippen molar-refractivity contribution in [3.8, 4) is 0 Å². The second-order valence-corrected chi connectivity index (χ2v) is 7.52. The lowest BCUT2D eigenvalue weighted by molar-refractivity contribution is 0.0179. The number of aromatic nitrogens is 4. The van der Waals surface area contributed by atoms with Gasteiger partial charge in [0.2, 0.25) is 5.28 Å². The van der Waals surface area contributed by atoms with E-state index < -0.39 is 12.2 Å². The average Bonchev–Trinajstić information content (AvgIpc) is 3.23. The van der Waals surface area contributed by atoms with Gasteiger partial charge in [0.1, 0.15) is 17.6 Å². The number of hydrogen-bond donors (Lipinski definition) is 3. The molecular weight excluding hydrogens is 378 g/mol. The Morgan fingerprint density at radius 3 is 2.82 bits per heavy atom. The van der Waals surface area contributed by atoms with Crippen LogP contribution in [0.5, 0.6) is 0 Å². The molecule has 0 bridgehead atoms. The first kappa shape index (κ1) is 17.4. The van der Waals surface area contributed by atoms with Crippen LogP contribution in [0.3, 0.4) is 0 Å². The molecule has 1 aliphatic rings. The molecule has 3 aromatic heterocycles. The van der Waals surface area contributed by atoms with Crippen molar-refractivity contribution in [3.63, 3.8) is 0 Å². The van der Waals surface area contributed by atoms with Gasteiger partial charge in [-0.2, -0.15) is 4.98 Å². The number of hydrogen-bond acceptors (Lipinski definition) is 6. The first-order chi connectivity index (χ1) is 13.5. The second kappa shape index (κ2) is 6.41. The van der Waals surface area contributed by atoms with Crippen LogP contribution in [0.4, 0.5) is 5.82 Å². The maximum Gasteiger partial charge on any atom is 0.226 e. The van der Waals surface area contributed by atoms with Gasteiger partial charge in [-0.25, -0.2) is 4.98 Å². The number of nitrogen functional groups attached to an aromatic ring is 1. The summed E-state index contributed by atoms with van der Waals surface area (Å²) in [6, 6.07) is 11.3. The van der Waals surface area contributed by atoms with Crippen LogP contribution in [0.1, 0.15) is 23.9 Å². The quantitative estimate of drug-likeness (QED) is 0.450. The van der Waals surface area contributed by atoms with E-state index in [2.05, 4.69) is 15.0 Å². The standard InChI is InChI=1S/C20H18ClN5O2/c21-20-24-18(22)12-5-7-26(19(12)25-20)15-9-13(16(27)17(15)28)11-4-3-10-2-1-6-23-14(10)8-11/h1-8,13,15-17,27-28H,9H2,(H2,22,24,25)/t13-,15-,16-,17+/m1/s1. The molecule has 0 radical (unpaired) electrons. The van der Waals surface area contributed by atoms with Crippen molar-refractivity contribution < 1.29 is 10.2 Å². The molecule has 0 unspecified atom stereocenters. The van der Waals surface area contributed by atoms with Gasteiger partial charge in [0.25, 0.3) is 0 Å². The molecule has 7 nitrogen and oxygen atoms in total. The fourth-order valence-corrected chi connectivity index (χ4v) is 4.40. The Labute approximate surface area is 165 Å². The largest absolute Gasteiger partial charge is 0.390 e. The van der Waals surface area contributed by atoms with Crippen molar-refractivity contribution in [1.29, 1.82) is 0 Å². The van der Waals surface area contributed by atoms with Gasteiger partial charge in [-0.3, -0.25) is 4.98 Å². The van der Waals surface area contributed by atoms with E-state index in [1.54, 1.807) is 18.5 Å². The minimum atomic E-state index is -0.949. The van der Waals surface area contributed by atoms with Crippen LogP contribution in [-0.2, 0) is 0 Å². The molecule has 0 aliphatic heterocycles. The molecule has 5 rings (SSSR count). The predicted molar refractivity (Wildman–Crippen MR) is 107 cm³/mol. The molecule has 28 heavy (non-hydrogen) atoms. The van der Waals surface area contributed by atoms with E-state index >= 15 is 0 Å². The summed E-state index contributed by atoms with van der Waals surface area (Å²) in [5, 5.41) is 23.3. The summed E-state index contributed by atoms with van der Waals surface area (Å²) in [5.74, 6) is 0.0671. The monoisotopic (exact) mass is 395 g/mol. The molecule has 142 valence electrons. The lowest BCUT2D eigenvalue weighted by Crippen LogP contribution is -2.28. The maximum atomic E-state index is 10.8. The maximum absolute atomic E-state index is 10.8. The molecule has 0 spiro atoms. The molecule has 0 amide bonds. The Hall–Kier alpha value is -2.74. The number of benzene rings is 1. The highest BCUT2D eigenvalue weighted by Gasteiger charge is 2.43. The van der Waals surface area contributed by atoms with E-state index in [4.69, 9.17) is 17.3 Å². The van der Waals surface area contributed by atoms with Crippen LogP contribution >= 0.6 is 11.6 Å². The summed E-state index contributed by atoms with van der Waals surface area (Å²) < 4.78 is 1.83. The highest BCUT2D eigenvalue weighted by atomic mass is 35.5. The van der Waals surface area contributed by atoms with Crippen molar-refractivity contribution in [3.05, 3.63) is 59.6 Å². The summed E-state index contributed by atoms with van der Waals surface area (Å²) in [7, 11) is 0. The molecule has 3 heterocycles. The zero-order valence-electron chi connectivity index (χ0n) is 14.8. The number of aliphatic hydroxyl groups excluding tert-OH is 2. The lowest BCUT2D eigenvalue weighted by atomic mass is 9.94. The van der Waals surface area contributed by atoms with Crippen molar-refractivity contribution in [2.75, 3.05) is 5.73 Å². The Morgan fingerprint density at radius 2 is 1.96 bits per heavy atom. The van der Waals surface area contributed by atoms with Crippen LogP contribution in [0.15, 0.2) is 48.8 Å². The van der Waals surface area contributed by atoms with Gasteiger partial charge in [-0.15, -0.1) is 0 Å². The molecule has 4 atom stereocenters. The van der Waals surface area contributed by atoms with Crippen LogP contribution in [0.25, 0.3) is 21.9 Å². The SMILES string of the molecule is Nc1nc(Cl)nc2c1ccn2[C@@H]1C[C@H](c2ccc3cccnc3c2)[C@@H](O)[C@H]1O. The molecule has 1 aromatic carbocycles. The van der Waals surface area contributed by atoms with Crippen LogP contribution in [-0.4, -0.2) is 41.9 Å². The summed E-state index contributed by atoms with van der Waals surface area (Å²) in [6.45, 7) is 0. The summed E-state index contributed by atoms with van der Waals surface area (Å²) in [4.78, 5) is 12.6. The van der Waals surface area contributed by atoms with E-state index in [-0.39, 0.29) is 17.2 Å². The number of aliphatic hydroxyl groups is 2. The van der Waals surface area contributed by atoms with E-state index in [1.165, 1.54) is 0 Å². The van der Waals surface area contributed by atoms with Gasteiger partial charge < -0.3 is 20.5 Å². The molecule has 1 fully saturated rings. The van der Waals surface area contributed by atoms with Gasteiger partial charge in [-0.05, 0) is 41.8 Å². The first-order valence-corrected chi connectivity index (χ1v) is 9.41. The third-order valence-corrected chi connectivity index (χ3v) is 5.81. The molecule has 1 saturated carbocycles. The number of fused-ring (bicyclic) bond motifs is 2. The van der Waals surface area contributed by atoms with Gasteiger partial charge >= 0.3 is 0 Å². The fourth-order valence-electron chi connectivity index (χ4n) is 4.23. The van der Waals surface area contributed by atoms with Gasteiger partial charge in [0, 0.05) is 23.7 Å². The van der Waals surface area contributed by atoms with E-state index in [9.17, 15) is 10.2 Å². The van der Waals surface area contributed by atoms with Crippen LogP contribution < -0.4 is 5.73 Å². The Balaban J connectivity index is 1.54. The average molecular weight is 396 g/mol. The highest BCUT2D eigenvalue weighted by molar-refractivity contribution is 6.28. The van der Waals surface area contributed by atoms with Crippen molar-refractivity contribution >= 4 is 39.4 Å². The molecule has 4 N–H and O–H groups in total. The first-order valence-electron chi connectivity index (χ1n) is 9.03. The normalized spacial score (nSPS) is 25.0.